The molecular weight excluding hydrogens is 379 g/mol. The third-order valence-corrected chi connectivity index (χ3v) is 4.29. The minimum atomic E-state index is -4.88. The van der Waals surface area contributed by atoms with E-state index in [4.69, 9.17) is 9.47 Å². The fraction of sp³-hybridized carbons (Fsp3) is 0.579. The van der Waals surface area contributed by atoms with Crippen LogP contribution in [0.25, 0.3) is 0 Å². The van der Waals surface area contributed by atoms with E-state index in [1.165, 1.54) is 19.2 Å². The molecule has 1 amide bonds. The predicted octanol–water partition coefficient (Wildman–Crippen LogP) is 4.07. The Morgan fingerprint density at radius 1 is 1.25 bits per heavy atom. The molecule has 0 saturated heterocycles. The molecule has 1 aromatic rings. The fourth-order valence-corrected chi connectivity index (χ4v) is 3.23. The number of ether oxygens (including phenoxy) is 3. The Labute approximate surface area is 161 Å². The number of alkyl carbamates (subject to hydrolysis) is 1. The Morgan fingerprint density at radius 3 is 2.50 bits per heavy atom. The standard InChI is InChI=1S/C19H24F3NO5/c1-17(2,3)28-16(25)23-18(10-6-9-14(26-4)15(18)24)12-7-5-8-13(11-12)27-19(20,21)22/h5,7-8,11,14H,6,9-10H2,1-4H3,(H,23,25). The van der Waals surface area contributed by atoms with Gasteiger partial charge in [0.15, 0.2) is 5.78 Å². The Balaban J connectivity index is 2.46. The minimum absolute atomic E-state index is 0.173. The second kappa shape index (κ2) is 7.98. The van der Waals surface area contributed by atoms with Crippen LogP contribution in [-0.4, -0.2) is 37.1 Å². The molecule has 0 radical (unpaired) electrons. The van der Waals surface area contributed by atoms with Crippen LogP contribution in [0.1, 0.15) is 45.6 Å². The van der Waals surface area contributed by atoms with Crippen LogP contribution >= 0.6 is 0 Å². The third kappa shape index (κ3) is 5.37. The van der Waals surface area contributed by atoms with E-state index in [0.29, 0.717) is 12.8 Å². The van der Waals surface area contributed by atoms with Crippen molar-refractivity contribution < 1.29 is 37.0 Å². The smallest absolute Gasteiger partial charge is 0.444 e. The first-order valence-electron chi connectivity index (χ1n) is 8.81. The molecule has 1 saturated carbocycles. The van der Waals surface area contributed by atoms with Crippen LogP contribution in [0.3, 0.4) is 0 Å². The quantitative estimate of drug-likeness (QED) is 0.820. The molecule has 156 valence electrons. The summed E-state index contributed by atoms with van der Waals surface area (Å²) >= 11 is 0. The van der Waals surface area contributed by atoms with E-state index < -0.39 is 41.2 Å². The van der Waals surface area contributed by atoms with Crippen molar-refractivity contribution in [1.82, 2.24) is 5.32 Å². The molecule has 2 unspecified atom stereocenters. The highest BCUT2D eigenvalue weighted by Crippen LogP contribution is 2.38. The monoisotopic (exact) mass is 403 g/mol. The highest BCUT2D eigenvalue weighted by Gasteiger charge is 2.48. The van der Waals surface area contributed by atoms with Crippen LogP contribution < -0.4 is 10.1 Å². The van der Waals surface area contributed by atoms with Gasteiger partial charge in [-0.2, -0.15) is 0 Å². The van der Waals surface area contributed by atoms with Crippen molar-refractivity contribution in [2.24, 2.45) is 0 Å². The summed E-state index contributed by atoms with van der Waals surface area (Å²) in [5, 5.41) is 2.58. The van der Waals surface area contributed by atoms with Crippen LogP contribution in [0.2, 0.25) is 0 Å². The number of halogens is 3. The van der Waals surface area contributed by atoms with Crippen molar-refractivity contribution >= 4 is 11.9 Å². The summed E-state index contributed by atoms with van der Waals surface area (Å²) in [6.07, 6.45) is -5.36. The Hall–Kier alpha value is -2.29. The maximum absolute atomic E-state index is 13.1. The molecule has 6 nitrogen and oxygen atoms in total. The number of rotatable bonds is 4. The SMILES string of the molecule is COC1CCCC(NC(=O)OC(C)(C)C)(c2cccc(OC(F)(F)F)c2)C1=O. The summed E-state index contributed by atoms with van der Waals surface area (Å²) in [5.41, 5.74) is -2.22. The fourth-order valence-electron chi connectivity index (χ4n) is 3.23. The molecule has 1 fully saturated rings. The first-order valence-corrected chi connectivity index (χ1v) is 8.81. The van der Waals surface area contributed by atoms with E-state index in [0.717, 1.165) is 12.1 Å². The van der Waals surface area contributed by atoms with Crippen molar-refractivity contribution in [3.05, 3.63) is 29.8 Å². The normalized spacial score (nSPS) is 23.2. The summed E-state index contributed by atoms with van der Waals surface area (Å²) in [6.45, 7) is 4.99. The van der Waals surface area contributed by atoms with Gasteiger partial charge in [-0.15, -0.1) is 13.2 Å². The molecule has 1 aromatic carbocycles. The summed E-state index contributed by atoms with van der Waals surface area (Å²) in [4.78, 5) is 25.5. The van der Waals surface area contributed by atoms with Gasteiger partial charge in [0.25, 0.3) is 0 Å². The zero-order chi connectivity index (χ0) is 21.2. The van der Waals surface area contributed by atoms with Gasteiger partial charge in [0.05, 0.1) is 0 Å². The molecule has 1 aliphatic carbocycles. The van der Waals surface area contributed by atoms with Crippen molar-refractivity contribution in [3.8, 4) is 5.75 Å². The Kier molecular flexibility index (Phi) is 6.27. The van der Waals surface area contributed by atoms with E-state index in [-0.39, 0.29) is 12.0 Å². The minimum Gasteiger partial charge on any atom is -0.444 e. The lowest BCUT2D eigenvalue weighted by Crippen LogP contribution is -2.58. The Bertz CT molecular complexity index is 729. The lowest BCUT2D eigenvalue weighted by molar-refractivity contribution is -0.274. The van der Waals surface area contributed by atoms with Gasteiger partial charge in [-0.05, 0) is 57.7 Å². The number of hydrogen-bond donors (Lipinski definition) is 1. The summed E-state index contributed by atoms with van der Waals surface area (Å²) in [5.74, 6) is -0.932. The zero-order valence-electron chi connectivity index (χ0n) is 16.2. The average molecular weight is 403 g/mol. The van der Waals surface area contributed by atoms with Crippen molar-refractivity contribution in [2.45, 2.75) is 63.6 Å². The molecule has 0 bridgehead atoms. The van der Waals surface area contributed by atoms with Crippen LogP contribution in [0.5, 0.6) is 5.75 Å². The number of methoxy groups -OCH3 is 1. The largest absolute Gasteiger partial charge is 0.573 e. The number of Topliss-reactive ketones (excluding diaryl/α,β-unsaturated/α-hetero) is 1. The van der Waals surface area contributed by atoms with E-state index in [1.807, 2.05) is 0 Å². The molecule has 0 heterocycles. The van der Waals surface area contributed by atoms with Crippen molar-refractivity contribution in [1.29, 1.82) is 0 Å². The van der Waals surface area contributed by atoms with Gasteiger partial charge >= 0.3 is 12.5 Å². The summed E-state index contributed by atoms with van der Waals surface area (Å²) < 4.78 is 52.3. The third-order valence-electron chi connectivity index (χ3n) is 4.29. The van der Waals surface area contributed by atoms with E-state index in [2.05, 4.69) is 10.1 Å². The number of benzene rings is 1. The van der Waals surface area contributed by atoms with Crippen LogP contribution in [0, 0.1) is 0 Å². The van der Waals surface area contributed by atoms with Gasteiger partial charge in [-0.3, -0.25) is 4.79 Å². The molecule has 28 heavy (non-hydrogen) atoms. The molecular formula is C19H24F3NO5. The topological polar surface area (TPSA) is 73.9 Å². The van der Waals surface area contributed by atoms with Crippen LogP contribution in [-0.2, 0) is 19.8 Å². The van der Waals surface area contributed by atoms with Gasteiger partial charge in [0.1, 0.15) is 23.0 Å². The number of amides is 1. The molecule has 0 aromatic heterocycles. The molecule has 9 heteroatoms. The van der Waals surface area contributed by atoms with Crippen LogP contribution in [0.15, 0.2) is 24.3 Å². The van der Waals surface area contributed by atoms with E-state index in [9.17, 15) is 22.8 Å². The van der Waals surface area contributed by atoms with Gasteiger partial charge in [-0.25, -0.2) is 4.79 Å². The number of hydrogen-bond acceptors (Lipinski definition) is 5. The number of carbonyl (C=O) groups excluding carboxylic acids is 2. The summed E-state index contributed by atoms with van der Waals surface area (Å²) in [6, 6.07) is 5.02. The van der Waals surface area contributed by atoms with Crippen molar-refractivity contribution in [2.75, 3.05) is 7.11 Å². The average Bonchev–Trinajstić information content (AvgIpc) is 2.53. The molecule has 2 rings (SSSR count). The predicted molar refractivity (Wildman–Crippen MR) is 93.8 cm³/mol. The van der Waals surface area contributed by atoms with Crippen LogP contribution in [0.4, 0.5) is 18.0 Å². The van der Waals surface area contributed by atoms with Gasteiger partial charge in [0.2, 0.25) is 0 Å². The number of carbonyl (C=O) groups is 2. The molecule has 0 aliphatic heterocycles. The van der Waals surface area contributed by atoms with Gasteiger partial charge in [0, 0.05) is 7.11 Å². The first kappa shape index (κ1) is 22.0. The number of nitrogens with one attached hydrogen (secondary N) is 1. The highest BCUT2D eigenvalue weighted by molar-refractivity contribution is 5.96. The molecule has 2 atom stereocenters. The summed E-state index contributed by atoms with van der Waals surface area (Å²) in [7, 11) is 1.37. The van der Waals surface area contributed by atoms with E-state index in [1.54, 1.807) is 20.8 Å². The van der Waals surface area contributed by atoms with Crippen molar-refractivity contribution in [3.63, 3.8) is 0 Å². The maximum Gasteiger partial charge on any atom is 0.573 e. The number of ketones is 1. The Morgan fingerprint density at radius 2 is 1.93 bits per heavy atom. The zero-order valence-corrected chi connectivity index (χ0v) is 16.2. The second-order valence-electron chi connectivity index (χ2n) is 7.59. The van der Waals surface area contributed by atoms with Gasteiger partial charge in [-0.1, -0.05) is 12.1 Å². The van der Waals surface area contributed by atoms with Gasteiger partial charge < -0.3 is 19.5 Å². The molecule has 1 N–H and O–H groups in total. The lowest BCUT2D eigenvalue weighted by atomic mass is 9.74. The first-order chi connectivity index (χ1) is 12.9. The highest BCUT2D eigenvalue weighted by atomic mass is 19.4. The lowest BCUT2D eigenvalue weighted by Gasteiger charge is -2.40. The second-order valence-corrected chi connectivity index (χ2v) is 7.59. The number of alkyl halides is 3. The van der Waals surface area contributed by atoms with E-state index >= 15 is 0 Å². The maximum atomic E-state index is 13.1. The molecule has 1 aliphatic rings. The molecule has 0 spiro atoms.